The first-order valence-corrected chi connectivity index (χ1v) is 5.25. The van der Waals surface area contributed by atoms with Crippen molar-refractivity contribution in [2.45, 2.75) is 19.4 Å². The Balaban J connectivity index is 1.96. The molecule has 3 nitrogen and oxygen atoms in total. The summed E-state index contributed by atoms with van der Waals surface area (Å²) in [6, 6.07) is 2.52. The smallest absolute Gasteiger partial charge is 0.137 e. The number of nitrogens with zero attached hydrogens (tertiary/aromatic N) is 1. The average Bonchev–Trinajstić information content (AvgIpc) is 2.16. The molecule has 1 aromatic rings. The Morgan fingerprint density at radius 1 is 1.73 bits per heavy atom. The van der Waals surface area contributed by atoms with Crippen molar-refractivity contribution in [2.24, 2.45) is 0 Å². The van der Waals surface area contributed by atoms with E-state index in [4.69, 9.17) is 4.74 Å². The SMILES string of the molecule is C=Cc1ncc(OC[C@@H]2CCN2)cc1C. The van der Waals surface area contributed by atoms with Gasteiger partial charge in [0.15, 0.2) is 0 Å². The number of hydrogen-bond donors (Lipinski definition) is 1. The van der Waals surface area contributed by atoms with Crippen LogP contribution in [-0.2, 0) is 0 Å². The van der Waals surface area contributed by atoms with Gasteiger partial charge in [0.05, 0.1) is 11.9 Å². The molecule has 2 rings (SSSR count). The Bertz CT molecular complexity index is 359. The van der Waals surface area contributed by atoms with Crippen molar-refractivity contribution in [3.8, 4) is 5.75 Å². The Labute approximate surface area is 90.2 Å². The summed E-state index contributed by atoms with van der Waals surface area (Å²) in [5, 5.41) is 3.29. The molecule has 0 radical (unpaired) electrons. The van der Waals surface area contributed by atoms with Gasteiger partial charge >= 0.3 is 0 Å². The molecule has 0 unspecified atom stereocenters. The summed E-state index contributed by atoms with van der Waals surface area (Å²) in [4.78, 5) is 4.26. The highest BCUT2D eigenvalue weighted by atomic mass is 16.5. The summed E-state index contributed by atoms with van der Waals surface area (Å²) in [6.07, 6.45) is 4.71. The quantitative estimate of drug-likeness (QED) is 0.811. The number of rotatable bonds is 4. The van der Waals surface area contributed by atoms with Gasteiger partial charge in [-0.05, 0) is 37.6 Å². The molecule has 1 aliphatic heterocycles. The van der Waals surface area contributed by atoms with E-state index in [2.05, 4.69) is 16.9 Å². The molecule has 1 aromatic heterocycles. The fourth-order valence-corrected chi connectivity index (χ4v) is 1.54. The van der Waals surface area contributed by atoms with Crippen molar-refractivity contribution in [1.29, 1.82) is 0 Å². The standard InChI is InChI=1S/C12H16N2O/c1-3-12-9(2)6-11(7-14-12)15-8-10-4-5-13-10/h3,6-7,10,13H,1,4-5,8H2,2H3/t10-/m0/s1. The second-order valence-electron chi connectivity index (χ2n) is 3.83. The number of aryl methyl sites for hydroxylation is 1. The molecule has 0 aromatic carbocycles. The van der Waals surface area contributed by atoms with Crippen molar-refractivity contribution in [3.63, 3.8) is 0 Å². The van der Waals surface area contributed by atoms with Gasteiger partial charge in [0.25, 0.3) is 0 Å². The third-order valence-electron chi connectivity index (χ3n) is 2.66. The van der Waals surface area contributed by atoms with Crippen LogP contribution in [0.5, 0.6) is 5.75 Å². The summed E-state index contributed by atoms with van der Waals surface area (Å²) in [7, 11) is 0. The number of hydrogen-bond acceptors (Lipinski definition) is 3. The molecule has 1 N–H and O–H groups in total. The zero-order valence-electron chi connectivity index (χ0n) is 8.99. The minimum atomic E-state index is 0.518. The molecule has 0 saturated carbocycles. The first-order valence-electron chi connectivity index (χ1n) is 5.25. The minimum Gasteiger partial charge on any atom is -0.490 e. The van der Waals surface area contributed by atoms with E-state index in [9.17, 15) is 0 Å². The van der Waals surface area contributed by atoms with Crippen LogP contribution < -0.4 is 10.1 Å². The van der Waals surface area contributed by atoms with E-state index in [0.29, 0.717) is 6.04 Å². The number of aromatic nitrogens is 1. The lowest BCUT2D eigenvalue weighted by molar-refractivity contribution is 0.217. The Kier molecular flexibility index (Phi) is 3.02. The highest BCUT2D eigenvalue weighted by Crippen LogP contribution is 2.16. The van der Waals surface area contributed by atoms with Crippen molar-refractivity contribution in [3.05, 3.63) is 30.1 Å². The first-order chi connectivity index (χ1) is 7.29. The molecule has 0 spiro atoms. The van der Waals surface area contributed by atoms with Crippen LogP contribution in [0.2, 0.25) is 0 Å². The maximum atomic E-state index is 5.63. The van der Waals surface area contributed by atoms with Crippen molar-refractivity contribution >= 4 is 6.08 Å². The number of ether oxygens (including phenoxy) is 1. The first kappa shape index (κ1) is 10.2. The van der Waals surface area contributed by atoms with Crippen LogP contribution >= 0.6 is 0 Å². The maximum absolute atomic E-state index is 5.63. The highest BCUT2D eigenvalue weighted by molar-refractivity contribution is 5.47. The number of pyridine rings is 1. The zero-order valence-corrected chi connectivity index (χ0v) is 8.99. The monoisotopic (exact) mass is 204 g/mol. The van der Waals surface area contributed by atoms with Gasteiger partial charge in [-0.25, -0.2) is 0 Å². The minimum absolute atomic E-state index is 0.518. The third-order valence-corrected chi connectivity index (χ3v) is 2.66. The molecule has 15 heavy (non-hydrogen) atoms. The lowest BCUT2D eigenvalue weighted by Gasteiger charge is -2.27. The van der Waals surface area contributed by atoms with Crippen LogP contribution in [0.15, 0.2) is 18.8 Å². The van der Waals surface area contributed by atoms with E-state index in [1.165, 1.54) is 6.42 Å². The molecule has 0 amide bonds. The second kappa shape index (κ2) is 4.45. The van der Waals surface area contributed by atoms with Crippen LogP contribution in [0.25, 0.3) is 6.08 Å². The summed E-state index contributed by atoms with van der Waals surface area (Å²) in [6.45, 7) is 7.56. The van der Waals surface area contributed by atoms with E-state index in [1.807, 2.05) is 13.0 Å². The van der Waals surface area contributed by atoms with Crippen molar-refractivity contribution in [2.75, 3.05) is 13.2 Å². The summed E-state index contributed by atoms with van der Waals surface area (Å²) in [5.74, 6) is 0.840. The molecule has 80 valence electrons. The molecular weight excluding hydrogens is 188 g/mol. The third kappa shape index (κ3) is 2.36. The van der Waals surface area contributed by atoms with Crippen LogP contribution in [0.4, 0.5) is 0 Å². The molecule has 1 fully saturated rings. The van der Waals surface area contributed by atoms with Gasteiger partial charge in [-0.3, -0.25) is 4.98 Å². The lowest BCUT2D eigenvalue weighted by Crippen LogP contribution is -2.46. The fraction of sp³-hybridized carbons (Fsp3) is 0.417. The van der Waals surface area contributed by atoms with E-state index in [0.717, 1.165) is 30.2 Å². The van der Waals surface area contributed by atoms with E-state index in [-0.39, 0.29) is 0 Å². The van der Waals surface area contributed by atoms with Gasteiger partial charge in [0.1, 0.15) is 12.4 Å². The normalized spacial score (nSPS) is 19.4. The summed E-state index contributed by atoms with van der Waals surface area (Å²) in [5.41, 5.74) is 2.02. The van der Waals surface area contributed by atoms with Gasteiger partial charge in [0, 0.05) is 6.04 Å². The van der Waals surface area contributed by atoms with Crippen LogP contribution in [0.3, 0.4) is 0 Å². The van der Waals surface area contributed by atoms with Gasteiger partial charge in [-0.1, -0.05) is 6.58 Å². The topological polar surface area (TPSA) is 34.1 Å². The predicted octanol–water partition coefficient (Wildman–Crippen LogP) is 1.77. The average molecular weight is 204 g/mol. The van der Waals surface area contributed by atoms with Crippen LogP contribution in [0.1, 0.15) is 17.7 Å². The van der Waals surface area contributed by atoms with Crippen LogP contribution in [-0.4, -0.2) is 24.2 Å². The molecule has 0 aliphatic carbocycles. The van der Waals surface area contributed by atoms with Crippen molar-refractivity contribution in [1.82, 2.24) is 10.3 Å². The maximum Gasteiger partial charge on any atom is 0.137 e. The highest BCUT2D eigenvalue weighted by Gasteiger charge is 2.16. The second-order valence-corrected chi connectivity index (χ2v) is 3.83. The number of nitrogens with one attached hydrogen (secondary N) is 1. The van der Waals surface area contributed by atoms with Crippen LogP contribution in [0, 0.1) is 6.92 Å². The fourth-order valence-electron chi connectivity index (χ4n) is 1.54. The van der Waals surface area contributed by atoms with E-state index < -0.39 is 0 Å². The lowest BCUT2D eigenvalue weighted by atomic mass is 10.1. The molecule has 3 heteroatoms. The van der Waals surface area contributed by atoms with Gasteiger partial charge in [-0.15, -0.1) is 0 Å². The van der Waals surface area contributed by atoms with Gasteiger partial charge < -0.3 is 10.1 Å². The molecule has 0 bridgehead atoms. The molecular formula is C12H16N2O. The van der Waals surface area contributed by atoms with Gasteiger partial charge in [0.2, 0.25) is 0 Å². The Hall–Kier alpha value is -1.35. The molecule has 2 heterocycles. The molecule has 1 atom stereocenters. The summed E-state index contributed by atoms with van der Waals surface area (Å²) < 4.78 is 5.63. The zero-order chi connectivity index (χ0) is 10.7. The van der Waals surface area contributed by atoms with E-state index >= 15 is 0 Å². The predicted molar refractivity (Wildman–Crippen MR) is 61.0 cm³/mol. The Morgan fingerprint density at radius 2 is 2.53 bits per heavy atom. The van der Waals surface area contributed by atoms with Gasteiger partial charge in [-0.2, -0.15) is 0 Å². The Morgan fingerprint density at radius 3 is 3.07 bits per heavy atom. The van der Waals surface area contributed by atoms with Crippen molar-refractivity contribution < 1.29 is 4.74 Å². The molecule has 1 saturated heterocycles. The summed E-state index contributed by atoms with van der Waals surface area (Å²) >= 11 is 0. The molecule has 1 aliphatic rings. The van der Waals surface area contributed by atoms with E-state index in [1.54, 1.807) is 12.3 Å². The largest absolute Gasteiger partial charge is 0.490 e.